The van der Waals surface area contributed by atoms with Crippen LogP contribution in [0.25, 0.3) is 0 Å². The van der Waals surface area contributed by atoms with Gasteiger partial charge in [0.05, 0.1) is 0 Å². The van der Waals surface area contributed by atoms with Gasteiger partial charge in [-0.1, -0.05) is 25.5 Å². The van der Waals surface area contributed by atoms with E-state index in [4.69, 9.17) is 0 Å². The van der Waals surface area contributed by atoms with Crippen LogP contribution in [0.5, 0.6) is 0 Å². The van der Waals surface area contributed by atoms with Gasteiger partial charge in [0.15, 0.2) is 0 Å². The average Bonchev–Trinajstić information content (AvgIpc) is 2.41. The summed E-state index contributed by atoms with van der Waals surface area (Å²) in [5.41, 5.74) is 1.29. The standard InChI is InChI=1S/C12H18F2N2O.C2H6/c1-10-2-6-15(7-3-10)11(17)16-8-4-12(13,14)5-9-16;1-2/h2H,3-9H2,1H3;1-2H3. The molecule has 0 aromatic heterocycles. The number of rotatable bonds is 0. The monoisotopic (exact) mass is 274 g/mol. The molecule has 0 saturated carbocycles. The number of likely N-dealkylation sites (tertiary alicyclic amines) is 1. The zero-order valence-corrected chi connectivity index (χ0v) is 12.1. The summed E-state index contributed by atoms with van der Waals surface area (Å²) in [6.07, 6.45) is 2.50. The van der Waals surface area contributed by atoms with Gasteiger partial charge in [-0.25, -0.2) is 13.6 Å². The molecule has 110 valence electrons. The van der Waals surface area contributed by atoms with Crippen LogP contribution in [-0.4, -0.2) is 47.9 Å². The number of hydrogen-bond acceptors (Lipinski definition) is 1. The molecule has 19 heavy (non-hydrogen) atoms. The van der Waals surface area contributed by atoms with Gasteiger partial charge in [-0.3, -0.25) is 0 Å². The third-order valence-electron chi connectivity index (χ3n) is 3.47. The number of carbonyl (C=O) groups is 1. The fourth-order valence-electron chi connectivity index (χ4n) is 2.17. The normalized spacial score (nSPS) is 22.3. The predicted molar refractivity (Wildman–Crippen MR) is 72.4 cm³/mol. The Morgan fingerprint density at radius 1 is 1.16 bits per heavy atom. The lowest BCUT2D eigenvalue weighted by Crippen LogP contribution is -2.49. The molecule has 0 atom stereocenters. The van der Waals surface area contributed by atoms with Gasteiger partial charge < -0.3 is 9.80 Å². The van der Waals surface area contributed by atoms with Crippen LogP contribution in [0.1, 0.15) is 40.0 Å². The van der Waals surface area contributed by atoms with Crippen molar-refractivity contribution in [2.24, 2.45) is 0 Å². The zero-order chi connectivity index (χ0) is 14.5. The number of urea groups is 1. The Labute approximate surface area is 114 Å². The van der Waals surface area contributed by atoms with Gasteiger partial charge in [-0.2, -0.15) is 0 Å². The maximum Gasteiger partial charge on any atom is 0.320 e. The average molecular weight is 274 g/mol. The quantitative estimate of drug-likeness (QED) is 0.620. The lowest BCUT2D eigenvalue weighted by Gasteiger charge is -2.36. The molecule has 5 heteroatoms. The highest BCUT2D eigenvalue weighted by molar-refractivity contribution is 5.75. The second-order valence-corrected chi connectivity index (χ2v) is 4.87. The molecule has 0 unspecified atom stereocenters. The molecule has 0 aromatic rings. The molecule has 2 aliphatic heterocycles. The molecule has 0 bridgehead atoms. The van der Waals surface area contributed by atoms with Gasteiger partial charge in [0, 0.05) is 39.0 Å². The van der Waals surface area contributed by atoms with E-state index in [-0.39, 0.29) is 32.0 Å². The first-order valence-corrected chi connectivity index (χ1v) is 7.05. The molecule has 2 heterocycles. The molecule has 0 spiro atoms. The number of halogens is 2. The second-order valence-electron chi connectivity index (χ2n) is 4.87. The summed E-state index contributed by atoms with van der Waals surface area (Å²) >= 11 is 0. The lowest BCUT2D eigenvalue weighted by atomic mass is 10.1. The third-order valence-corrected chi connectivity index (χ3v) is 3.47. The minimum absolute atomic E-state index is 0.0933. The molecular formula is C14H24F2N2O. The Kier molecular flexibility index (Phi) is 5.76. The van der Waals surface area contributed by atoms with Crippen molar-refractivity contribution in [2.75, 3.05) is 26.2 Å². The van der Waals surface area contributed by atoms with Crippen LogP contribution in [0.15, 0.2) is 11.6 Å². The Morgan fingerprint density at radius 3 is 2.21 bits per heavy atom. The van der Waals surface area contributed by atoms with Crippen LogP contribution in [0.3, 0.4) is 0 Å². The largest absolute Gasteiger partial charge is 0.324 e. The first-order chi connectivity index (χ1) is 8.98. The van der Waals surface area contributed by atoms with Crippen molar-refractivity contribution in [1.82, 2.24) is 9.80 Å². The summed E-state index contributed by atoms with van der Waals surface area (Å²) in [7, 11) is 0. The van der Waals surface area contributed by atoms with E-state index >= 15 is 0 Å². The summed E-state index contributed by atoms with van der Waals surface area (Å²) in [4.78, 5) is 15.3. The minimum atomic E-state index is -2.59. The summed E-state index contributed by atoms with van der Waals surface area (Å²) < 4.78 is 25.9. The lowest BCUT2D eigenvalue weighted by molar-refractivity contribution is -0.0490. The van der Waals surface area contributed by atoms with Gasteiger partial charge in [0.1, 0.15) is 0 Å². The Bertz CT molecular complexity index is 332. The van der Waals surface area contributed by atoms with Crippen LogP contribution in [0, 0.1) is 0 Å². The minimum Gasteiger partial charge on any atom is -0.324 e. The van der Waals surface area contributed by atoms with Gasteiger partial charge in [-0.15, -0.1) is 0 Å². The van der Waals surface area contributed by atoms with E-state index in [1.54, 1.807) is 9.80 Å². The highest BCUT2D eigenvalue weighted by Gasteiger charge is 2.36. The van der Waals surface area contributed by atoms with Crippen LogP contribution >= 0.6 is 0 Å². The predicted octanol–water partition coefficient (Wildman–Crippen LogP) is 3.52. The van der Waals surface area contributed by atoms with Gasteiger partial charge in [-0.05, 0) is 13.3 Å². The van der Waals surface area contributed by atoms with Gasteiger partial charge in [0.25, 0.3) is 5.92 Å². The van der Waals surface area contributed by atoms with Crippen molar-refractivity contribution in [3.63, 3.8) is 0 Å². The number of amides is 2. The highest BCUT2D eigenvalue weighted by Crippen LogP contribution is 2.28. The topological polar surface area (TPSA) is 23.6 Å². The Hall–Kier alpha value is -1.13. The van der Waals surface area contributed by atoms with E-state index in [2.05, 4.69) is 0 Å². The van der Waals surface area contributed by atoms with Crippen LogP contribution in [0.4, 0.5) is 13.6 Å². The molecule has 1 saturated heterocycles. The summed E-state index contributed by atoms with van der Waals surface area (Å²) in [5, 5.41) is 0. The van der Waals surface area contributed by atoms with E-state index in [0.717, 1.165) is 6.42 Å². The van der Waals surface area contributed by atoms with Crippen molar-refractivity contribution in [1.29, 1.82) is 0 Å². The third kappa shape index (κ3) is 4.48. The van der Waals surface area contributed by atoms with E-state index in [1.807, 2.05) is 26.8 Å². The summed E-state index contributed by atoms with van der Waals surface area (Å²) in [6.45, 7) is 7.70. The Balaban J connectivity index is 0.000000861. The maximum atomic E-state index is 13.0. The molecular weight excluding hydrogens is 250 g/mol. The van der Waals surface area contributed by atoms with Gasteiger partial charge in [0.2, 0.25) is 0 Å². The van der Waals surface area contributed by atoms with E-state index in [0.29, 0.717) is 13.1 Å². The molecule has 2 rings (SSSR count). The number of alkyl halides is 2. The maximum absolute atomic E-state index is 13.0. The number of hydrogen-bond donors (Lipinski definition) is 0. The molecule has 1 fully saturated rings. The second kappa shape index (κ2) is 6.87. The molecule has 0 aliphatic carbocycles. The van der Waals surface area contributed by atoms with Crippen molar-refractivity contribution in [2.45, 2.75) is 46.0 Å². The smallest absolute Gasteiger partial charge is 0.320 e. The van der Waals surface area contributed by atoms with Crippen LogP contribution < -0.4 is 0 Å². The molecule has 0 aromatic carbocycles. The zero-order valence-electron chi connectivity index (χ0n) is 12.1. The van der Waals surface area contributed by atoms with E-state index in [1.165, 1.54) is 5.57 Å². The first kappa shape index (κ1) is 15.9. The van der Waals surface area contributed by atoms with Crippen molar-refractivity contribution < 1.29 is 13.6 Å². The Morgan fingerprint density at radius 2 is 1.74 bits per heavy atom. The van der Waals surface area contributed by atoms with Crippen molar-refractivity contribution in [3.8, 4) is 0 Å². The summed E-state index contributed by atoms with van der Waals surface area (Å²) in [5.74, 6) is -2.59. The molecule has 0 N–H and O–H groups in total. The van der Waals surface area contributed by atoms with Crippen LogP contribution in [0.2, 0.25) is 0 Å². The fraction of sp³-hybridized carbons (Fsp3) is 0.786. The fourth-order valence-corrected chi connectivity index (χ4v) is 2.17. The van der Waals surface area contributed by atoms with E-state index < -0.39 is 5.92 Å². The molecule has 2 aliphatic rings. The van der Waals surface area contributed by atoms with Crippen molar-refractivity contribution in [3.05, 3.63) is 11.6 Å². The number of nitrogens with zero attached hydrogens (tertiary/aromatic N) is 2. The SMILES string of the molecule is CC.CC1=CCN(C(=O)N2CCC(F)(F)CC2)CC1. The molecule has 2 amide bonds. The van der Waals surface area contributed by atoms with Crippen LogP contribution in [-0.2, 0) is 0 Å². The summed E-state index contributed by atoms with van der Waals surface area (Å²) in [6, 6.07) is -0.0933. The first-order valence-electron chi connectivity index (χ1n) is 7.05. The number of piperidine rings is 1. The van der Waals surface area contributed by atoms with Gasteiger partial charge >= 0.3 is 6.03 Å². The van der Waals surface area contributed by atoms with E-state index in [9.17, 15) is 13.6 Å². The highest BCUT2D eigenvalue weighted by atomic mass is 19.3. The molecule has 0 radical (unpaired) electrons. The number of carbonyl (C=O) groups excluding carboxylic acids is 1. The van der Waals surface area contributed by atoms with Crippen molar-refractivity contribution >= 4 is 6.03 Å². The molecule has 3 nitrogen and oxygen atoms in total.